The lowest BCUT2D eigenvalue weighted by Gasteiger charge is -2.21. The van der Waals surface area contributed by atoms with E-state index >= 15 is 0 Å². The highest BCUT2D eigenvalue weighted by molar-refractivity contribution is 6.33. The second-order valence-corrected chi connectivity index (χ2v) is 9.22. The average Bonchev–Trinajstić information content (AvgIpc) is 2.94. The largest absolute Gasteiger partial charge is 0.382 e. The first kappa shape index (κ1) is 27.0. The highest BCUT2D eigenvalue weighted by Gasteiger charge is 2.22. The van der Waals surface area contributed by atoms with Crippen LogP contribution in [-0.2, 0) is 0 Å². The molecule has 2 amide bonds. The van der Waals surface area contributed by atoms with Crippen molar-refractivity contribution in [3.05, 3.63) is 106 Å². The van der Waals surface area contributed by atoms with Crippen LogP contribution >= 0.6 is 11.6 Å². The number of carbonyl (C=O) groups is 1. The summed E-state index contributed by atoms with van der Waals surface area (Å²) in [6.07, 6.45) is 1.20. The van der Waals surface area contributed by atoms with Crippen LogP contribution in [-0.4, -0.2) is 25.6 Å². The zero-order valence-corrected chi connectivity index (χ0v) is 22.1. The monoisotopic (exact) mass is 569 g/mol. The number of amides is 2. The van der Waals surface area contributed by atoms with Gasteiger partial charge >= 0.3 is 6.03 Å². The van der Waals surface area contributed by atoms with E-state index in [2.05, 4.69) is 30.9 Å². The van der Waals surface area contributed by atoms with Crippen molar-refractivity contribution in [3.8, 4) is 11.8 Å². The van der Waals surface area contributed by atoms with Gasteiger partial charge in [0.2, 0.25) is 0 Å². The third-order valence-electron chi connectivity index (χ3n) is 6.09. The van der Waals surface area contributed by atoms with Gasteiger partial charge in [-0.05, 0) is 49.4 Å². The summed E-state index contributed by atoms with van der Waals surface area (Å²) in [5.41, 5.74) is 6.38. The topological polar surface area (TPSA) is 164 Å². The fourth-order valence-electron chi connectivity index (χ4n) is 4.21. The lowest BCUT2D eigenvalue weighted by Crippen LogP contribution is -2.28. The number of benzene rings is 3. The molecule has 13 heteroatoms. The highest BCUT2D eigenvalue weighted by atomic mass is 35.5. The molecule has 0 aliphatic rings. The second-order valence-electron chi connectivity index (χ2n) is 8.81. The lowest BCUT2D eigenvalue weighted by molar-refractivity contribution is 0.262. The summed E-state index contributed by atoms with van der Waals surface area (Å²) in [6, 6.07) is 18.0. The number of hydrogen-bond acceptors (Lipinski definition) is 8. The molecule has 11 nitrogen and oxygen atoms in total. The van der Waals surface area contributed by atoms with Gasteiger partial charge in [0, 0.05) is 5.69 Å². The maximum Gasteiger partial charge on any atom is 0.323 e. The van der Waals surface area contributed by atoms with Crippen molar-refractivity contribution in [3.63, 3.8) is 0 Å². The number of para-hydroxylation sites is 1. The lowest BCUT2D eigenvalue weighted by atomic mass is 10.1. The molecule has 2 heterocycles. The van der Waals surface area contributed by atoms with Gasteiger partial charge in [-0.1, -0.05) is 35.9 Å². The SMILES string of the molecule is CC(Nc1ncnc(N)c1C#N)c1nc2cccc(F)c2c(=O)n1-c1cccc(NC(=O)Nc2ccccc2Cl)c1. The van der Waals surface area contributed by atoms with Crippen molar-refractivity contribution >= 4 is 51.5 Å². The molecule has 204 valence electrons. The molecule has 0 aliphatic heterocycles. The van der Waals surface area contributed by atoms with Crippen molar-refractivity contribution in [1.29, 1.82) is 5.26 Å². The highest BCUT2D eigenvalue weighted by Crippen LogP contribution is 2.26. The third-order valence-corrected chi connectivity index (χ3v) is 6.42. The number of nitrogens with zero attached hydrogens (tertiary/aromatic N) is 5. The molecule has 5 rings (SSSR count). The van der Waals surface area contributed by atoms with Gasteiger partial charge in [-0.3, -0.25) is 9.36 Å². The predicted octanol–water partition coefficient (Wildman–Crippen LogP) is 5.24. The molecule has 0 aliphatic carbocycles. The van der Waals surface area contributed by atoms with Crippen molar-refractivity contribution in [2.75, 3.05) is 21.7 Å². The molecule has 3 aromatic carbocycles. The van der Waals surface area contributed by atoms with E-state index in [0.29, 0.717) is 22.1 Å². The van der Waals surface area contributed by atoms with Crippen molar-refractivity contribution in [2.24, 2.45) is 0 Å². The first-order valence-electron chi connectivity index (χ1n) is 12.2. The Labute approximate surface area is 237 Å². The van der Waals surface area contributed by atoms with Crippen LogP contribution in [0.25, 0.3) is 16.6 Å². The van der Waals surface area contributed by atoms with Crippen molar-refractivity contribution in [2.45, 2.75) is 13.0 Å². The number of rotatable bonds is 6. The van der Waals surface area contributed by atoms with Crippen LogP contribution in [0.15, 0.2) is 77.9 Å². The van der Waals surface area contributed by atoms with Gasteiger partial charge in [0.25, 0.3) is 5.56 Å². The van der Waals surface area contributed by atoms with E-state index in [4.69, 9.17) is 17.3 Å². The number of anilines is 4. The Morgan fingerprint density at radius 1 is 1.10 bits per heavy atom. The Hall–Kier alpha value is -5.54. The number of nitrogens with one attached hydrogen (secondary N) is 3. The molecular formula is C28H21ClFN9O2. The van der Waals surface area contributed by atoms with Crippen LogP contribution in [0.5, 0.6) is 0 Å². The summed E-state index contributed by atoms with van der Waals surface area (Å²) in [5.74, 6) is -0.423. The molecule has 41 heavy (non-hydrogen) atoms. The van der Waals surface area contributed by atoms with E-state index in [1.807, 2.05) is 6.07 Å². The molecule has 2 aromatic heterocycles. The molecule has 5 aromatic rings. The zero-order valence-electron chi connectivity index (χ0n) is 21.4. The molecule has 1 unspecified atom stereocenters. The van der Waals surface area contributed by atoms with Crippen LogP contribution in [0.4, 0.5) is 32.2 Å². The normalized spacial score (nSPS) is 11.5. The Kier molecular flexibility index (Phi) is 7.45. The third kappa shape index (κ3) is 5.47. The van der Waals surface area contributed by atoms with Crippen molar-refractivity contribution < 1.29 is 9.18 Å². The van der Waals surface area contributed by atoms with Gasteiger partial charge in [-0.25, -0.2) is 24.1 Å². The number of urea groups is 1. The van der Waals surface area contributed by atoms with Gasteiger partial charge in [0.1, 0.15) is 46.6 Å². The number of aromatic nitrogens is 4. The molecule has 0 radical (unpaired) electrons. The van der Waals surface area contributed by atoms with E-state index in [1.165, 1.54) is 29.1 Å². The van der Waals surface area contributed by atoms with Crippen LogP contribution in [0.2, 0.25) is 5.02 Å². The maximum atomic E-state index is 14.8. The molecule has 5 N–H and O–H groups in total. The minimum atomic E-state index is -0.732. The van der Waals surface area contributed by atoms with Gasteiger partial charge in [0.15, 0.2) is 0 Å². The molecule has 1 atom stereocenters. The standard InChI is InChI=1S/C28H21ClFN9O2/c1-15(35-25-18(13-31)24(32)33-14-34-25)26-37-22-11-5-9-20(30)23(22)27(40)39(26)17-7-4-6-16(12-17)36-28(41)38-21-10-3-2-8-19(21)29/h2-12,14-15H,1H3,(H2,36,38,41)(H3,32,33,34,35). The Balaban J connectivity index is 1.57. The second kappa shape index (κ2) is 11.3. The Morgan fingerprint density at radius 3 is 2.66 bits per heavy atom. The van der Waals surface area contributed by atoms with Gasteiger partial charge in [-0.2, -0.15) is 5.26 Å². The van der Waals surface area contributed by atoms with E-state index in [-0.39, 0.29) is 33.9 Å². The number of nitrogen functional groups attached to an aromatic ring is 1. The number of nitrogens with two attached hydrogens (primary N) is 1. The molecule has 0 spiro atoms. The van der Waals surface area contributed by atoms with Gasteiger partial charge < -0.3 is 21.7 Å². The number of nitriles is 1. The van der Waals surface area contributed by atoms with Gasteiger partial charge in [0.05, 0.1) is 28.0 Å². The molecule has 0 bridgehead atoms. The number of halogens is 2. The predicted molar refractivity (Wildman–Crippen MR) is 155 cm³/mol. The summed E-state index contributed by atoms with van der Waals surface area (Å²) in [6.45, 7) is 1.70. The Bertz CT molecular complexity index is 1900. The summed E-state index contributed by atoms with van der Waals surface area (Å²) in [7, 11) is 0. The molecule has 0 saturated carbocycles. The first-order valence-corrected chi connectivity index (χ1v) is 12.6. The van der Waals surface area contributed by atoms with Crippen LogP contribution in [0.1, 0.15) is 24.4 Å². The summed E-state index contributed by atoms with van der Waals surface area (Å²) in [4.78, 5) is 38.9. The minimum absolute atomic E-state index is 0.0167. The van der Waals surface area contributed by atoms with Gasteiger partial charge in [-0.15, -0.1) is 0 Å². The molecular weight excluding hydrogens is 549 g/mol. The quantitative estimate of drug-likeness (QED) is 0.216. The summed E-state index contributed by atoms with van der Waals surface area (Å²) >= 11 is 6.13. The fourth-order valence-corrected chi connectivity index (χ4v) is 4.39. The summed E-state index contributed by atoms with van der Waals surface area (Å²) < 4.78 is 16.1. The molecule has 0 saturated heterocycles. The summed E-state index contributed by atoms with van der Waals surface area (Å²) in [5, 5.41) is 18.1. The minimum Gasteiger partial charge on any atom is -0.382 e. The average molecular weight is 570 g/mol. The number of fused-ring (bicyclic) bond motifs is 1. The number of hydrogen-bond donors (Lipinski definition) is 4. The first-order chi connectivity index (χ1) is 19.8. The van der Waals surface area contributed by atoms with E-state index in [1.54, 1.807) is 55.5 Å². The van der Waals surface area contributed by atoms with E-state index in [9.17, 15) is 19.2 Å². The van der Waals surface area contributed by atoms with Crippen LogP contribution in [0.3, 0.4) is 0 Å². The Morgan fingerprint density at radius 2 is 1.88 bits per heavy atom. The van der Waals surface area contributed by atoms with Crippen molar-refractivity contribution in [1.82, 2.24) is 19.5 Å². The number of carbonyl (C=O) groups excluding carboxylic acids is 1. The van der Waals surface area contributed by atoms with Crippen LogP contribution in [0, 0.1) is 17.1 Å². The van der Waals surface area contributed by atoms with E-state index < -0.39 is 23.4 Å². The maximum absolute atomic E-state index is 14.8. The van der Waals surface area contributed by atoms with E-state index in [0.717, 1.165) is 0 Å². The fraction of sp³-hybridized carbons (Fsp3) is 0.0714. The van der Waals surface area contributed by atoms with Crippen LogP contribution < -0.4 is 27.2 Å². The zero-order chi connectivity index (χ0) is 29.1. The molecule has 0 fully saturated rings. The smallest absolute Gasteiger partial charge is 0.323 e.